The Morgan fingerprint density at radius 3 is 2.49 bits per heavy atom. The van der Waals surface area contributed by atoms with E-state index in [-0.39, 0.29) is 17.0 Å². The Morgan fingerprint density at radius 1 is 1.14 bits per heavy atom. The molecule has 0 saturated carbocycles. The third kappa shape index (κ3) is 4.66. The number of anilines is 1. The number of rotatable bonds is 5. The summed E-state index contributed by atoms with van der Waals surface area (Å²) in [6.45, 7) is 8.25. The molecule has 2 aliphatic heterocycles. The van der Waals surface area contributed by atoms with E-state index in [1.807, 2.05) is 16.8 Å². The molecule has 2 aromatic heterocycles. The first-order valence-electron chi connectivity index (χ1n) is 12.6. The zero-order valence-corrected chi connectivity index (χ0v) is 22.7. The molecule has 37 heavy (non-hydrogen) atoms. The van der Waals surface area contributed by atoms with Crippen molar-refractivity contribution in [1.29, 1.82) is 0 Å². The SMILES string of the molecule is COc1cc2c(cc1-c1cnc(N3CCC(OC)CC3)s1)CC(C(C)(C)C)n1cc(C(=O)O)c(=O)cc1-2. The highest BCUT2D eigenvalue weighted by Gasteiger charge is 2.34. The third-order valence-electron chi connectivity index (χ3n) is 7.56. The molecular formula is C28H33N3O5S. The van der Waals surface area contributed by atoms with E-state index in [2.05, 4.69) is 31.7 Å². The molecule has 1 N–H and O–H groups in total. The van der Waals surface area contributed by atoms with Crippen molar-refractivity contribution in [3.05, 3.63) is 51.9 Å². The molecular weight excluding hydrogens is 490 g/mol. The third-order valence-corrected chi connectivity index (χ3v) is 8.66. The van der Waals surface area contributed by atoms with E-state index in [1.54, 1.807) is 25.6 Å². The van der Waals surface area contributed by atoms with Crippen LogP contribution in [-0.2, 0) is 11.2 Å². The van der Waals surface area contributed by atoms with Crippen LogP contribution in [-0.4, -0.2) is 54.0 Å². The number of aromatic carboxylic acids is 1. The monoisotopic (exact) mass is 523 g/mol. The summed E-state index contributed by atoms with van der Waals surface area (Å²) in [5.41, 5.74) is 2.82. The number of methoxy groups -OCH3 is 2. The van der Waals surface area contributed by atoms with E-state index < -0.39 is 11.4 Å². The normalized spacial score (nSPS) is 17.9. The largest absolute Gasteiger partial charge is 0.496 e. The lowest BCUT2D eigenvalue weighted by atomic mass is 9.78. The summed E-state index contributed by atoms with van der Waals surface area (Å²) in [7, 11) is 3.42. The van der Waals surface area contributed by atoms with Crippen molar-refractivity contribution in [1.82, 2.24) is 9.55 Å². The fraction of sp³-hybridized carbons (Fsp3) is 0.464. The second-order valence-electron chi connectivity index (χ2n) is 10.9. The molecule has 0 radical (unpaired) electrons. The molecule has 0 spiro atoms. The Hall–Kier alpha value is -3.17. The Kier molecular flexibility index (Phi) is 6.62. The fourth-order valence-corrected chi connectivity index (χ4v) is 6.41. The Balaban J connectivity index is 1.58. The molecule has 3 aromatic rings. The minimum Gasteiger partial charge on any atom is -0.496 e. The minimum atomic E-state index is -1.21. The van der Waals surface area contributed by atoms with Gasteiger partial charge in [-0.2, -0.15) is 0 Å². The second-order valence-corrected chi connectivity index (χ2v) is 11.9. The lowest BCUT2D eigenvalue weighted by molar-refractivity contribution is 0.0693. The van der Waals surface area contributed by atoms with Crippen LogP contribution in [0, 0.1) is 5.41 Å². The molecule has 8 nitrogen and oxygen atoms in total. The average molecular weight is 524 g/mol. The predicted octanol–water partition coefficient (Wildman–Crippen LogP) is 5.10. The highest BCUT2D eigenvalue weighted by Crippen LogP contribution is 2.47. The van der Waals surface area contributed by atoms with Crippen molar-refractivity contribution in [2.24, 2.45) is 5.41 Å². The van der Waals surface area contributed by atoms with Gasteiger partial charge in [0.2, 0.25) is 0 Å². The van der Waals surface area contributed by atoms with Crippen molar-refractivity contribution >= 4 is 22.4 Å². The molecule has 0 aliphatic carbocycles. The van der Waals surface area contributed by atoms with E-state index in [9.17, 15) is 14.7 Å². The van der Waals surface area contributed by atoms with Crippen LogP contribution in [0.5, 0.6) is 5.75 Å². The maximum absolute atomic E-state index is 12.7. The summed E-state index contributed by atoms with van der Waals surface area (Å²) in [5.74, 6) is -0.512. The van der Waals surface area contributed by atoms with Crippen LogP contribution >= 0.6 is 11.3 Å². The van der Waals surface area contributed by atoms with Crippen molar-refractivity contribution in [2.75, 3.05) is 32.2 Å². The molecule has 0 amide bonds. The lowest BCUT2D eigenvalue weighted by Crippen LogP contribution is -2.36. The highest BCUT2D eigenvalue weighted by molar-refractivity contribution is 7.19. The highest BCUT2D eigenvalue weighted by atomic mass is 32.1. The maximum atomic E-state index is 12.7. The van der Waals surface area contributed by atoms with Crippen LogP contribution in [0.15, 0.2) is 35.4 Å². The molecule has 4 heterocycles. The van der Waals surface area contributed by atoms with Crippen LogP contribution in [0.2, 0.25) is 0 Å². The smallest absolute Gasteiger partial charge is 0.341 e. The van der Waals surface area contributed by atoms with Crippen LogP contribution in [0.4, 0.5) is 5.13 Å². The lowest BCUT2D eigenvalue weighted by Gasteiger charge is -2.39. The molecule has 1 atom stereocenters. The molecule has 1 saturated heterocycles. The van der Waals surface area contributed by atoms with E-state index in [0.29, 0.717) is 24.0 Å². The molecule has 1 unspecified atom stereocenters. The van der Waals surface area contributed by atoms with Crippen LogP contribution in [0.3, 0.4) is 0 Å². The summed E-state index contributed by atoms with van der Waals surface area (Å²) in [6, 6.07) is 5.56. The van der Waals surface area contributed by atoms with E-state index in [4.69, 9.17) is 14.5 Å². The fourth-order valence-electron chi connectivity index (χ4n) is 5.43. The van der Waals surface area contributed by atoms with E-state index >= 15 is 0 Å². The Morgan fingerprint density at radius 2 is 1.86 bits per heavy atom. The van der Waals surface area contributed by atoms with Gasteiger partial charge >= 0.3 is 5.97 Å². The van der Waals surface area contributed by atoms with E-state index in [0.717, 1.165) is 52.6 Å². The summed E-state index contributed by atoms with van der Waals surface area (Å²) in [4.78, 5) is 32.5. The molecule has 5 rings (SSSR count). The molecule has 1 aromatic carbocycles. The summed E-state index contributed by atoms with van der Waals surface area (Å²) >= 11 is 1.65. The number of carboxylic acid groups (broad SMARTS) is 1. The molecule has 1 fully saturated rings. The zero-order valence-electron chi connectivity index (χ0n) is 21.9. The van der Waals surface area contributed by atoms with Crippen molar-refractivity contribution in [3.63, 3.8) is 0 Å². The number of hydrogen-bond acceptors (Lipinski definition) is 7. The topological polar surface area (TPSA) is 93.9 Å². The predicted molar refractivity (Wildman–Crippen MR) is 145 cm³/mol. The summed E-state index contributed by atoms with van der Waals surface area (Å²) in [6.07, 6.45) is 6.42. The minimum absolute atomic E-state index is 0.0194. The number of aromatic nitrogens is 2. The van der Waals surface area contributed by atoms with Gasteiger partial charge in [-0.05, 0) is 42.4 Å². The van der Waals surface area contributed by atoms with Gasteiger partial charge in [0.25, 0.3) is 0 Å². The van der Waals surface area contributed by atoms with Gasteiger partial charge in [-0.25, -0.2) is 9.78 Å². The Labute approximate surface area is 220 Å². The van der Waals surface area contributed by atoms with Crippen molar-refractivity contribution < 1.29 is 19.4 Å². The quantitative estimate of drug-likeness (QED) is 0.497. The van der Waals surface area contributed by atoms with Gasteiger partial charge in [0.1, 0.15) is 11.3 Å². The van der Waals surface area contributed by atoms with Gasteiger partial charge in [0.05, 0.1) is 23.8 Å². The number of nitrogens with zero attached hydrogens (tertiary/aromatic N) is 3. The molecule has 9 heteroatoms. The number of hydrogen-bond donors (Lipinski definition) is 1. The first-order valence-corrected chi connectivity index (χ1v) is 13.4. The van der Waals surface area contributed by atoms with Crippen molar-refractivity contribution in [2.45, 2.75) is 52.2 Å². The molecule has 196 valence electrons. The van der Waals surface area contributed by atoms with Gasteiger partial charge in [0, 0.05) is 55.8 Å². The van der Waals surface area contributed by atoms with Crippen LogP contribution in [0.1, 0.15) is 55.6 Å². The standard InChI is InChI=1S/C28H33N3O5S/c1-28(2,3)25-11-16-10-19(24-14-29-27(37-24)30-8-6-17(35-4)7-9-30)23(36-5)12-18(16)21-13-22(32)20(26(33)34)15-31(21)25/h10,12-15,17,25H,6-9,11H2,1-5H3,(H,33,34). The van der Waals surface area contributed by atoms with Crippen LogP contribution < -0.4 is 15.1 Å². The van der Waals surface area contributed by atoms with Gasteiger partial charge in [-0.1, -0.05) is 32.1 Å². The molecule has 2 aliphatic rings. The number of piperidine rings is 1. The summed E-state index contributed by atoms with van der Waals surface area (Å²) in [5, 5.41) is 10.6. The number of carbonyl (C=O) groups is 1. The number of benzene rings is 1. The maximum Gasteiger partial charge on any atom is 0.341 e. The number of thiazole rings is 1. The molecule has 0 bridgehead atoms. The number of pyridine rings is 1. The average Bonchev–Trinajstić information content (AvgIpc) is 3.36. The Bertz CT molecular complexity index is 1400. The van der Waals surface area contributed by atoms with Gasteiger partial charge in [0.15, 0.2) is 10.6 Å². The summed E-state index contributed by atoms with van der Waals surface area (Å²) < 4.78 is 13.3. The van der Waals surface area contributed by atoms with Crippen molar-refractivity contribution in [3.8, 4) is 27.4 Å². The van der Waals surface area contributed by atoms with Gasteiger partial charge in [-0.15, -0.1) is 0 Å². The van der Waals surface area contributed by atoms with Gasteiger partial charge < -0.3 is 24.0 Å². The van der Waals surface area contributed by atoms with Crippen LogP contribution in [0.25, 0.3) is 21.7 Å². The first-order chi connectivity index (χ1) is 17.6. The number of fused-ring (bicyclic) bond motifs is 3. The first kappa shape index (κ1) is 25.5. The zero-order chi connectivity index (χ0) is 26.5. The number of carboxylic acids is 1. The van der Waals surface area contributed by atoms with Gasteiger partial charge in [-0.3, -0.25) is 4.79 Å². The van der Waals surface area contributed by atoms with E-state index in [1.165, 1.54) is 12.3 Å². The number of ether oxygens (including phenoxy) is 2. The second kappa shape index (κ2) is 9.61.